The van der Waals surface area contributed by atoms with Crippen molar-refractivity contribution >= 4 is 27.6 Å². The summed E-state index contributed by atoms with van der Waals surface area (Å²) in [6.07, 6.45) is 1.67. The summed E-state index contributed by atoms with van der Waals surface area (Å²) in [6, 6.07) is 27.3. The Kier molecular flexibility index (Phi) is 7.30. The van der Waals surface area contributed by atoms with Crippen LogP contribution >= 0.6 is 0 Å². The van der Waals surface area contributed by atoms with Gasteiger partial charge in [0.05, 0.1) is 12.0 Å². The van der Waals surface area contributed by atoms with Crippen LogP contribution in [0, 0.1) is 0 Å². The van der Waals surface area contributed by atoms with Gasteiger partial charge in [-0.25, -0.2) is 13.4 Å². The molecule has 2 aromatic heterocycles. The Morgan fingerprint density at radius 2 is 1.67 bits per heavy atom. The van der Waals surface area contributed by atoms with Crippen LogP contribution in [0.1, 0.15) is 10.4 Å². The van der Waals surface area contributed by atoms with Crippen molar-refractivity contribution in [3.05, 3.63) is 109 Å². The van der Waals surface area contributed by atoms with Crippen LogP contribution in [-0.4, -0.2) is 41.2 Å². The van der Waals surface area contributed by atoms with E-state index in [9.17, 15) is 13.2 Å². The second-order valence-corrected chi connectivity index (χ2v) is 9.85. The van der Waals surface area contributed by atoms with Crippen molar-refractivity contribution in [2.24, 2.45) is 0 Å². The molecule has 0 bridgehead atoms. The highest BCUT2D eigenvalue weighted by Crippen LogP contribution is 2.24. The van der Waals surface area contributed by atoms with Crippen molar-refractivity contribution in [3.8, 4) is 23.0 Å². The van der Waals surface area contributed by atoms with Gasteiger partial charge in [-0.3, -0.25) is 10.2 Å². The molecule has 39 heavy (non-hydrogen) atoms. The molecule has 5 rings (SSSR count). The molecule has 3 N–H and O–H groups in total. The van der Waals surface area contributed by atoms with E-state index >= 15 is 0 Å². The monoisotopic (exact) mass is 541 g/mol. The van der Waals surface area contributed by atoms with Crippen molar-refractivity contribution in [1.82, 2.24) is 30.0 Å². The van der Waals surface area contributed by atoms with Crippen LogP contribution in [0.5, 0.6) is 5.75 Å². The van der Waals surface area contributed by atoms with Gasteiger partial charge in [-0.2, -0.15) is 9.67 Å². The Hall–Kier alpha value is -5.07. The number of anilines is 2. The first kappa shape index (κ1) is 25.6. The quantitative estimate of drug-likeness (QED) is 0.240. The number of carbonyl (C=O) groups is 1. The lowest BCUT2D eigenvalue weighted by Crippen LogP contribution is -2.41. The first-order valence-electron chi connectivity index (χ1n) is 11.7. The second kappa shape index (κ2) is 11.1. The maximum atomic E-state index is 12.7. The molecule has 0 fully saturated rings. The van der Waals surface area contributed by atoms with Crippen LogP contribution in [0.3, 0.4) is 0 Å². The molecule has 2 heterocycles. The molecular weight excluding hydrogens is 518 g/mol. The number of pyridine rings is 1. The van der Waals surface area contributed by atoms with E-state index < -0.39 is 15.9 Å². The van der Waals surface area contributed by atoms with Crippen LogP contribution < -0.4 is 20.3 Å². The van der Waals surface area contributed by atoms with E-state index in [0.717, 1.165) is 5.56 Å². The zero-order chi connectivity index (χ0) is 27.2. The van der Waals surface area contributed by atoms with Crippen LogP contribution in [0.4, 0.5) is 11.6 Å². The maximum Gasteiger partial charge on any atom is 0.266 e. The van der Waals surface area contributed by atoms with Crippen LogP contribution in [-0.2, 0) is 10.0 Å². The minimum absolute atomic E-state index is 0.0252. The summed E-state index contributed by atoms with van der Waals surface area (Å²) in [5, 5.41) is 7.68. The number of hydrazine groups is 1. The van der Waals surface area contributed by atoms with E-state index in [1.165, 1.54) is 31.4 Å². The molecule has 0 aliphatic carbocycles. The molecule has 0 atom stereocenters. The van der Waals surface area contributed by atoms with Gasteiger partial charge >= 0.3 is 0 Å². The van der Waals surface area contributed by atoms with E-state index in [0.29, 0.717) is 23.1 Å². The molecule has 12 heteroatoms. The third-order valence-electron chi connectivity index (χ3n) is 5.55. The number of rotatable bonds is 9. The van der Waals surface area contributed by atoms with E-state index in [1.54, 1.807) is 35.1 Å². The zero-order valence-corrected chi connectivity index (χ0v) is 21.5. The van der Waals surface area contributed by atoms with Crippen molar-refractivity contribution in [2.45, 2.75) is 4.90 Å². The molecule has 196 valence electrons. The second-order valence-electron chi connectivity index (χ2n) is 8.17. The van der Waals surface area contributed by atoms with Gasteiger partial charge in [-0.05, 0) is 54.6 Å². The Morgan fingerprint density at radius 3 is 2.38 bits per heavy atom. The van der Waals surface area contributed by atoms with E-state index in [1.807, 2.05) is 48.5 Å². The molecule has 5 aromatic rings. The number of aromatic nitrogens is 4. The standard InChI is InChI=1S/C27H23N7O4S/c1-38-22-13-15-23(16-14-22)39(36,37)33-31-26(35)20-10-7-11-21(18-20)29-27-30-25(19-8-3-2-4-9-19)34(32-27)24-12-5-6-17-28-24/h2-18,33H,1H3,(H,29,32)(H,31,35). The molecule has 0 radical (unpaired) electrons. The minimum atomic E-state index is -3.98. The predicted octanol–water partition coefficient (Wildman–Crippen LogP) is 3.70. The average molecular weight is 542 g/mol. The summed E-state index contributed by atoms with van der Waals surface area (Å²) in [5.41, 5.74) is 3.82. The predicted molar refractivity (Wildman–Crippen MR) is 145 cm³/mol. The summed E-state index contributed by atoms with van der Waals surface area (Å²) >= 11 is 0. The van der Waals surface area contributed by atoms with Gasteiger partial charge in [0.15, 0.2) is 11.6 Å². The number of sulfonamides is 1. The average Bonchev–Trinajstić information content (AvgIpc) is 3.41. The lowest BCUT2D eigenvalue weighted by atomic mass is 10.2. The smallest absolute Gasteiger partial charge is 0.266 e. The number of nitrogens with zero attached hydrogens (tertiary/aromatic N) is 4. The molecule has 1 amide bonds. The molecule has 0 saturated heterocycles. The lowest BCUT2D eigenvalue weighted by molar-refractivity contribution is 0.0945. The molecule has 0 aliphatic heterocycles. The molecule has 0 spiro atoms. The van der Waals surface area contributed by atoms with Gasteiger partial charge in [0.1, 0.15) is 5.75 Å². The highest BCUT2D eigenvalue weighted by molar-refractivity contribution is 7.89. The number of benzene rings is 3. The Bertz CT molecular complexity index is 1630. The number of ether oxygens (including phenoxy) is 1. The third-order valence-corrected chi connectivity index (χ3v) is 6.82. The van der Waals surface area contributed by atoms with Crippen LogP contribution in [0.25, 0.3) is 17.2 Å². The molecule has 0 saturated carbocycles. The van der Waals surface area contributed by atoms with Crippen molar-refractivity contribution in [1.29, 1.82) is 0 Å². The van der Waals surface area contributed by atoms with E-state index in [4.69, 9.17) is 4.74 Å². The van der Waals surface area contributed by atoms with E-state index in [2.05, 4.69) is 30.6 Å². The summed E-state index contributed by atoms with van der Waals surface area (Å²) < 4.78 is 31.7. The first-order chi connectivity index (χ1) is 18.9. The van der Waals surface area contributed by atoms with Crippen molar-refractivity contribution < 1.29 is 17.9 Å². The Balaban J connectivity index is 1.33. The molecule has 11 nitrogen and oxygen atoms in total. The topological polar surface area (TPSA) is 140 Å². The zero-order valence-electron chi connectivity index (χ0n) is 20.6. The fraction of sp³-hybridized carbons (Fsp3) is 0.0370. The number of hydrogen-bond acceptors (Lipinski definition) is 8. The summed E-state index contributed by atoms with van der Waals surface area (Å²) in [4.78, 5) is 23.8. The molecule has 0 unspecified atom stereocenters. The van der Waals surface area contributed by atoms with Crippen LogP contribution in [0.2, 0.25) is 0 Å². The molecular formula is C27H23N7O4S. The normalized spacial score (nSPS) is 11.1. The lowest BCUT2D eigenvalue weighted by Gasteiger charge is -2.10. The number of carbonyl (C=O) groups excluding carboxylic acids is 1. The molecule has 3 aromatic carbocycles. The summed E-state index contributed by atoms with van der Waals surface area (Å²) in [5.74, 6) is 1.33. The Labute approximate surface area is 224 Å². The van der Waals surface area contributed by atoms with Gasteiger partial charge < -0.3 is 10.1 Å². The van der Waals surface area contributed by atoms with Crippen molar-refractivity contribution in [2.75, 3.05) is 12.4 Å². The third kappa shape index (κ3) is 5.92. The fourth-order valence-corrected chi connectivity index (χ4v) is 4.48. The highest BCUT2D eigenvalue weighted by atomic mass is 32.2. The van der Waals surface area contributed by atoms with Gasteiger partial charge in [0.2, 0.25) is 5.95 Å². The van der Waals surface area contributed by atoms with Gasteiger partial charge in [-0.1, -0.05) is 42.5 Å². The summed E-state index contributed by atoms with van der Waals surface area (Å²) in [7, 11) is -2.50. The van der Waals surface area contributed by atoms with Crippen LogP contribution in [0.15, 0.2) is 108 Å². The van der Waals surface area contributed by atoms with E-state index in [-0.39, 0.29) is 16.4 Å². The number of amides is 1. The Morgan fingerprint density at radius 1 is 0.897 bits per heavy atom. The molecule has 0 aliphatic rings. The largest absolute Gasteiger partial charge is 0.497 e. The van der Waals surface area contributed by atoms with Gasteiger partial charge in [-0.15, -0.1) is 9.93 Å². The number of methoxy groups -OCH3 is 1. The van der Waals surface area contributed by atoms with Gasteiger partial charge in [0, 0.05) is 23.0 Å². The number of hydrogen-bond donors (Lipinski definition) is 3. The minimum Gasteiger partial charge on any atom is -0.497 e. The van der Waals surface area contributed by atoms with Gasteiger partial charge in [0.25, 0.3) is 15.9 Å². The summed E-state index contributed by atoms with van der Waals surface area (Å²) in [6.45, 7) is 0. The number of nitrogens with one attached hydrogen (secondary N) is 3. The maximum absolute atomic E-state index is 12.7. The SMILES string of the molecule is COc1ccc(S(=O)(=O)NNC(=O)c2cccc(Nc3nc(-c4ccccc4)n(-c4ccccn4)n3)c2)cc1. The van der Waals surface area contributed by atoms with Crippen molar-refractivity contribution in [3.63, 3.8) is 0 Å². The fourth-order valence-electron chi connectivity index (χ4n) is 3.64. The first-order valence-corrected chi connectivity index (χ1v) is 13.2. The highest BCUT2D eigenvalue weighted by Gasteiger charge is 2.17.